The van der Waals surface area contributed by atoms with Crippen molar-refractivity contribution in [1.29, 1.82) is 0 Å². The van der Waals surface area contributed by atoms with Crippen LogP contribution in [0.4, 0.5) is 5.69 Å². The summed E-state index contributed by atoms with van der Waals surface area (Å²) in [6.45, 7) is 1.71. The molecule has 5 N–H and O–H groups in total. The largest absolute Gasteiger partial charge is 0.397 e. The van der Waals surface area contributed by atoms with Gasteiger partial charge < -0.3 is 16.6 Å². The molecule has 0 amide bonds. The van der Waals surface area contributed by atoms with Crippen molar-refractivity contribution in [3.8, 4) is 0 Å². The standard InChI is InChI=1S/C9H13ClN2O/c1-5(11)9(13)6-3-2-4-7(10)8(6)12/h2-5,9,13H,11-12H2,1H3. The molecule has 0 heterocycles. The molecule has 0 aliphatic rings. The van der Waals surface area contributed by atoms with Gasteiger partial charge in [0.2, 0.25) is 0 Å². The van der Waals surface area contributed by atoms with Gasteiger partial charge in [-0.3, -0.25) is 0 Å². The number of hydrogen-bond donors (Lipinski definition) is 3. The first-order valence-electron chi connectivity index (χ1n) is 4.01. The lowest BCUT2D eigenvalue weighted by Crippen LogP contribution is -2.25. The topological polar surface area (TPSA) is 72.3 Å². The van der Waals surface area contributed by atoms with Crippen molar-refractivity contribution in [3.05, 3.63) is 28.8 Å². The molecule has 0 bridgehead atoms. The summed E-state index contributed by atoms with van der Waals surface area (Å²) in [7, 11) is 0. The first-order chi connectivity index (χ1) is 6.04. The van der Waals surface area contributed by atoms with Gasteiger partial charge in [-0.1, -0.05) is 23.7 Å². The molecule has 13 heavy (non-hydrogen) atoms. The summed E-state index contributed by atoms with van der Waals surface area (Å²) in [6.07, 6.45) is -0.765. The number of aliphatic hydroxyl groups excluding tert-OH is 1. The van der Waals surface area contributed by atoms with E-state index in [9.17, 15) is 5.11 Å². The molecule has 1 aromatic carbocycles. The van der Waals surface area contributed by atoms with Gasteiger partial charge in [0.05, 0.1) is 16.8 Å². The summed E-state index contributed by atoms with van der Waals surface area (Å²) < 4.78 is 0. The highest BCUT2D eigenvalue weighted by molar-refractivity contribution is 6.33. The molecule has 0 radical (unpaired) electrons. The second-order valence-electron chi connectivity index (χ2n) is 3.05. The second-order valence-corrected chi connectivity index (χ2v) is 3.45. The van der Waals surface area contributed by atoms with Crippen molar-refractivity contribution in [1.82, 2.24) is 0 Å². The van der Waals surface area contributed by atoms with Crippen LogP contribution in [0.2, 0.25) is 5.02 Å². The van der Waals surface area contributed by atoms with Gasteiger partial charge in [0.15, 0.2) is 0 Å². The quantitative estimate of drug-likeness (QED) is 0.631. The van der Waals surface area contributed by atoms with E-state index in [4.69, 9.17) is 23.1 Å². The van der Waals surface area contributed by atoms with Crippen LogP contribution in [-0.4, -0.2) is 11.1 Å². The van der Waals surface area contributed by atoms with Gasteiger partial charge in [0.25, 0.3) is 0 Å². The number of halogens is 1. The number of anilines is 1. The smallest absolute Gasteiger partial charge is 0.0958 e. The van der Waals surface area contributed by atoms with E-state index in [0.717, 1.165) is 0 Å². The molecule has 0 aromatic heterocycles. The van der Waals surface area contributed by atoms with E-state index in [1.807, 2.05) is 0 Å². The summed E-state index contributed by atoms with van der Waals surface area (Å²) >= 11 is 5.79. The molecular weight excluding hydrogens is 188 g/mol. The summed E-state index contributed by atoms with van der Waals surface area (Å²) in [5, 5.41) is 10.1. The minimum Gasteiger partial charge on any atom is -0.397 e. The van der Waals surface area contributed by atoms with Gasteiger partial charge in [-0.25, -0.2) is 0 Å². The van der Waals surface area contributed by atoms with Crippen molar-refractivity contribution >= 4 is 17.3 Å². The van der Waals surface area contributed by atoms with Crippen LogP contribution in [0.5, 0.6) is 0 Å². The molecular formula is C9H13ClN2O. The predicted octanol–water partition coefficient (Wildman–Crippen LogP) is 1.30. The van der Waals surface area contributed by atoms with Crippen molar-refractivity contribution in [2.75, 3.05) is 5.73 Å². The summed E-state index contributed by atoms with van der Waals surface area (Å²) in [4.78, 5) is 0. The highest BCUT2D eigenvalue weighted by Crippen LogP contribution is 2.28. The number of para-hydroxylation sites is 1. The second kappa shape index (κ2) is 3.96. The third-order valence-electron chi connectivity index (χ3n) is 1.90. The average molecular weight is 201 g/mol. The molecule has 0 fully saturated rings. The van der Waals surface area contributed by atoms with Gasteiger partial charge >= 0.3 is 0 Å². The fourth-order valence-corrected chi connectivity index (χ4v) is 1.28. The van der Waals surface area contributed by atoms with Gasteiger partial charge in [0, 0.05) is 11.6 Å². The van der Waals surface area contributed by atoms with E-state index >= 15 is 0 Å². The Labute approximate surface area is 82.3 Å². The lowest BCUT2D eigenvalue weighted by Gasteiger charge is -2.17. The van der Waals surface area contributed by atoms with Crippen molar-refractivity contribution < 1.29 is 5.11 Å². The van der Waals surface area contributed by atoms with Crippen LogP contribution in [0, 0.1) is 0 Å². The average Bonchev–Trinajstić information content (AvgIpc) is 2.08. The van der Waals surface area contributed by atoms with E-state index in [0.29, 0.717) is 16.3 Å². The molecule has 1 aromatic rings. The van der Waals surface area contributed by atoms with E-state index in [1.54, 1.807) is 25.1 Å². The third-order valence-corrected chi connectivity index (χ3v) is 2.23. The van der Waals surface area contributed by atoms with E-state index < -0.39 is 6.10 Å². The molecule has 2 unspecified atom stereocenters. The molecule has 3 nitrogen and oxygen atoms in total. The van der Waals surface area contributed by atoms with Gasteiger partial charge in [-0.2, -0.15) is 0 Å². The van der Waals surface area contributed by atoms with Crippen LogP contribution < -0.4 is 11.5 Å². The zero-order valence-electron chi connectivity index (χ0n) is 7.37. The van der Waals surface area contributed by atoms with Gasteiger partial charge in [-0.05, 0) is 13.0 Å². The first-order valence-corrected chi connectivity index (χ1v) is 4.39. The Kier molecular flexibility index (Phi) is 3.14. The maximum absolute atomic E-state index is 9.64. The number of benzene rings is 1. The number of nitrogens with two attached hydrogens (primary N) is 2. The van der Waals surface area contributed by atoms with Gasteiger partial charge in [-0.15, -0.1) is 0 Å². The Morgan fingerprint density at radius 3 is 2.62 bits per heavy atom. The van der Waals surface area contributed by atoms with Crippen molar-refractivity contribution in [3.63, 3.8) is 0 Å². The minimum absolute atomic E-state index is 0.360. The summed E-state index contributed by atoms with van der Waals surface area (Å²) in [5.74, 6) is 0. The third kappa shape index (κ3) is 2.12. The monoisotopic (exact) mass is 200 g/mol. The van der Waals surface area contributed by atoms with E-state index in [1.165, 1.54) is 0 Å². The Morgan fingerprint density at radius 1 is 1.46 bits per heavy atom. The van der Waals surface area contributed by atoms with Crippen LogP contribution in [0.25, 0.3) is 0 Å². The fraction of sp³-hybridized carbons (Fsp3) is 0.333. The Bertz CT molecular complexity index is 302. The molecule has 1 rings (SSSR count). The highest BCUT2D eigenvalue weighted by Gasteiger charge is 2.16. The SMILES string of the molecule is CC(N)C(O)c1cccc(Cl)c1N. The van der Waals surface area contributed by atoms with Gasteiger partial charge in [0.1, 0.15) is 0 Å². The summed E-state index contributed by atoms with van der Waals surface area (Å²) in [6, 6.07) is 4.77. The van der Waals surface area contributed by atoms with E-state index in [2.05, 4.69) is 0 Å². The first kappa shape index (κ1) is 10.3. The highest BCUT2D eigenvalue weighted by atomic mass is 35.5. The molecule has 4 heteroatoms. The Balaban J connectivity index is 3.07. The maximum Gasteiger partial charge on any atom is 0.0958 e. The van der Waals surface area contributed by atoms with Crippen molar-refractivity contribution in [2.45, 2.75) is 19.1 Å². The van der Waals surface area contributed by atoms with Crippen LogP contribution in [0.15, 0.2) is 18.2 Å². The zero-order valence-corrected chi connectivity index (χ0v) is 8.12. The maximum atomic E-state index is 9.64. The van der Waals surface area contributed by atoms with E-state index in [-0.39, 0.29) is 6.04 Å². The molecule has 0 spiro atoms. The lowest BCUT2D eigenvalue weighted by atomic mass is 10.0. The van der Waals surface area contributed by atoms with Crippen molar-refractivity contribution in [2.24, 2.45) is 5.73 Å². The molecule has 0 aliphatic carbocycles. The van der Waals surface area contributed by atoms with Crippen LogP contribution >= 0.6 is 11.6 Å². The fourth-order valence-electron chi connectivity index (χ4n) is 1.09. The Morgan fingerprint density at radius 2 is 2.08 bits per heavy atom. The normalized spacial score (nSPS) is 15.4. The molecule has 0 saturated carbocycles. The predicted molar refractivity (Wildman–Crippen MR) is 54.5 cm³/mol. The number of rotatable bonds is 2. The molecule has 0 saturated heterocycles. The molecule has 2 atom stereocenters. The van der Waals surface area contributed by atoms with Crippen LogP contribution in [-0.2, 0) is 0 Å². The summed E-state index contributed by atoms with van der Waals surface area (Å²) in [5.41, 5.74) is 12.2. The van der Waals surface area contributed by atoms with Crippen LogP contribution in [0.1, 0.15) is 18.6 Å². The Hall–Kier alpha value is -0.770. The molecule has 0 aliphatic heterocycles. The zero-order chi connectivity index (χ0) is 10.0. The minimum atomic E-state index is -0.765. The molecule has 72 valence electrons. The number of aliphatic hydroxyl groups is 1. The number of nitrogen functional groups attached to an aromatic ring is 1. The number of hydrogen-bond acceptors (Lipinski definition) is 3. The lowest BCUT2D eigenvalue weighted by molar-refractivity contribution is 0.154. The van der Waals surface area contributed by atoms with Crippen LogP contribution in [0.3, 0.4) is 0 Å².